The van der Waals surface area contributed by atoms with Gasteiger partial charge in [-0.1, -0.05) is 18.6 Å². The van der Waals surface area contributed by atoms with Crippen LogP contribution in [0.3, 0.4) is 0 Å². The Bertz CT molecular complexity index is 980. The zero-order valence-electron chi connectivity index (χ0n) is 19.1. The molecule has 0 saturated carbocycles. The number of carbonyl (C=O) groups excluding carboxylic acids is 2. The zero-order valence-corrected chi connectivity index (χ0v) is 19.1. The van der Waals surface area contributed by atoms with Gasteiger partial charge in [-0.25, -0.2) is 8.78 Å². The first kappa shape index (κ1) is 28.1. The van der Waals surface area contributed by atoms with E-state index in [0.29, 0.717) is 38.8 Å². The van der Waals surface area contributed by atoms with Crippen molar-refractivity contribution in [1.82, 2.24) is 10.3 Å². The van der Waals surface area contributed by atoms with Gasteiger partial charge in [-0.2, -0.15) is 13.8 Å². The summed E-state index contributed by atoms with van der Waals surface area (Å²) in [6, 6.07) is 3.63. The maximum Gasteiger partial charge on any atom is 0.252 e. The third kappa shape index (κ3) is 8.26. The van der Waals surface area contributed by atoms with E-state index in [1.165, 1.54) is 24.3 Å². The molecule has 0 aliphatic rings. The number of hydrogen-bond donors (Lipinski definition) is 5. The third-order valence-corrected chi connectivity index (χ3v) is 5.32. The number of aromatic nitrogens is 1. The second-order valence-electron chi connectivity index (χ2n) is 8.05. The Morgan fingerprint density at radius 1 is 0.829 bits per heavy atom. The van der Waals surface area contributed by atoms with Gasteiger partial charge in [0.15, 0.2) is 11.6 Å². The minimum Gasteiger partial charge on any atom is -0.355 e. The highest BCUT2D eigenvalue weighted by atomic mass is 19.2. The van der Waals surface area contributed by atoms with Crippen molar-refractivity contribution in [1.29, 1.82) is 0 Å². The normalized spacial score (nSPS) is 12.8. The summed E-state index contributed by atoms with van der Waals surface area (Å²) in [5.74, 6) is -7.47. The molecule has 0 radical (unpaired) electrons. The lowest BCUT2D eigenvalue weighted by Crippen LogP contribution is -2.41. The number of nitrogens with two attached hydrogens (primary N) is 3. The number of nitrogens with one attached hydrogen (secondary N) is 2. The number of carbonyl (C=O) groups is 2. The molecule has 2 atom stereocenters. The molecule has 192 valence electrons. The minimum atomic E-state index is -1.76. The highest BCUT2D eigenvalue weighted by Crippen LogP contribution is 2.29. The maximum atomic E-state index is 13.9. The largest absolute Gasteiger partial charge is 0.355 e. The number of pyridine rings is 1. The van der Waals surface area contributed by atoms with Crippen LogP contribution in [0.2, 0.25) is 0 Å². The second kappa shape index (κ2) is 13.7. The van der Waals surface area contributed by atoms with E-state index in [1.54, 1.807) is 0 Å². The first-order chi connectivity index (χ1) is 16.6. The van der Waals surface area contributed by atoms with Crippen LogP contribution in [-0.2, 0) is 9.59 Å². The molecule has 0 aliphatic heterocycles. The van der Waals surface area contributed by atoms with Crippen LogP contribution < -0.4 is 27.8 Å². The first-order valence-electron chi connectivity index (χ1n) is 11.3. The Kier molecular flexibility index (Phi) is 11.0. The average Bonchev–Trinajstić information content (AvgIpc) is 2.83. The standard InChI is InChI=1S/C23H30F4N6O2/c24-18-17(19(25)21(27)33-20(18)26)13-7-9-14(10-8-13)32-23(35)16(30)6-2-4-12-31-22(34)15(29)5-1-3-11-28/h7-10,15-16H,1-6,11-12,28-30H2,(H,31,34)(H,32,35). The molecule has 8 N–H and O–H groups in total. The van der Waals surface area contributed by atoms with E-state index in [0.717, 1.165) is 12.8 Å². The van der Waals surface area contributed by atoms with Crippen molar-refractivity contribution in [3.05, 3.63) is 47.8 Å². The van der Waals surface area contributed by atoms with E-state index in [-0.39, 0.29) is 17.2 Å². The van der Waals surface area contributed by atoms with Gasteiger partial charge in [-0.3, -0.25) is 9.59 Å². The molecule has 0 spiro atoms. The van der Waals surface area contributed by atoms with Crippen molar-refractivity contribution in [3.63, 3.8) is 0 Å². The summed E-state index contributed by atoms with van der Waals surface area (Å²) < 4.78 is 54.5. The first-order valence-corrected chi connectivity index (χ1v) is 11.3. The predicted molar refractivity (Wildman–Crippen MR) is 124 cm³/mol. The van der Waals surface area contributed by atoms with E-state index >= 15 is 0 Å². The van der Waals surface area contributed by atoms with Crippen LogP contribution >= 0.6 is 0 Å². The lowest BCUT2D eigenvalue weighted by atomic mass is 10.0. The molecule has 0 bridgehead atoms. The number of halogens is 4. The number of hydrogen-bond acceptors (Lipinski definition) is 6. The monoisotopic (exact) mass is 498 g/mol. The van der Waals surface area contributed by atoms with Crippen LogP contribution in [0.25, 0.3) is 11.1 Å². The zero-order chi connectivity index (χ0) is 26.0. The number of rotatable bonds is 13. The van der Waals surface area contributed by atoms with Crippen molar-refractivity contribution in [2.75, 3.05) is 18.4 Å². The maximum absolute atomic E-state index is 13.9. The van der Waals surface area contributed by atoms with Gasteiger partial charge in [0.2, 0.25) is 11.8 Å². The van der Waals surface area contributed by atoms with Crippen LogP contribution in [0, 0.1) is 23.5 Å². The number of unbranched alkanes of at least 4 members (excludes halogenated alkanes) is 2. The molecule has 0 saturated heterocycles. The molecule has 2 unspecified atom stereocenters. The van der Waals surface area contributed by atoms with Gasteiger partial charge in [0.25, 0.3) is 11.9 Å². The molecule has 1 heterocycles. The van der Waals surface area contributed by atoms with E-state index < -0.39 is 47.1 Å². The molecule has 0 fully saturated rings. The minimum absolute atomic E-state index is 0.136. The van der Waals surface area contributed by atoms with E-state index in [9.17, 15) is 27.2 Å². The Morgan fingerprint density at radius 2 is 1.37 bits per heavy atom. The predicted octanol–water partition coefficient (Wildman–Crippen LogP) is 2.31. The molecule has 12 heteroatoms. The van der Waals surface area contributed by atoms with Crippen molar-refractivity contribution in [2.45, 2.75) is 50.6 Å². The smallest absolute Gasteiger partial charge is 0.252 e. The van der Waals surface area contributed by atoms with Gasteiger partial charge >= 0.3 is 0 Å². The molecule has 0 aliphatic carbocycles. The number of anilines is 1. The molecule has 2 amide bonds. The fraction of sp³-hybridized carbons (Fsp3) is 0.435. The van der Waals surface area contributed by atoms with E-state index in [1.807, 2.05) is 0 Å². The SMILES string of the molecule is NCCCCC(N)C(=O)NCCCCC(N)C(=O)Nc1ccc(-c2c(F)c(F)nc(F)c2F)cc1. The van der Waals surface area contributed by atoms with Crippen LogP contribution in [0.15, 0.2) is 24.3 Å². The number of nitrogens with zero attached hydrogens (tertiary/aromatic N) is 1. The highest BCUT2D eigenvalue weighted by molar-refractivity contribution is 5.94. The summed E-state index contributed by atoms with van der Waals surface area (Å²) in [6.07, 6.45) is 3.70. The van der Waals surface area contributed by atoms with Crippen LogP contribution in [0.1, 0.15) is 38.5 Å². The molecule has 8 nitrogen and oxygen atoms in total. The molecular weight excluding hydrogens is 468 g/mol. The number of benzene rings is 1. The lowest BCUT2D eigenvalue weighted by molar-refractivity contribution is -0.122. The summed E-state index contributed by atoms with van der Waals surface area (Å²) in [5, 5.41) is 5.31. The summed E-state index contributed by atoms with van der Waals surface area (Å²) in [6.45, 7) is 0.962. The molecule has 1 aromatic heterocycles. The van der Waals surface area contributed by atoms with E-state index in [4.69, 9.17) is 17.2 Å². The van der Waals surface area contributed by atoms with Crippen molar-refractivity contribution in [3.8, 4) is 11.1 Å². The summed E-state index contributed by atoms with van der Waals surface area (Å²) in [5.41, 5.74) is 16.4. The van der Waals surface area contributed by atoms with E-state index in [2.05, 4.69) is 15.6 Å². The van der Waals surface area contributed by atoms with Gasteiger partial charge in [0, 0.05) is 12.2 Å². The Morgan fingerprint density at radius 3 is 1.94 bits per heavy atom. The van der Waals surface area contributed by atoms with Crippen molar-refractivity contribution < 1.29 is 27.2 Å². The van der Waals surface area contributed by atoms with Crippen molar-refractivity contribution in [2.24, 2.45) is 17.2 Å². The van der Waals surface area contributed by atoms with Gasteiger partial charge in [-0.15, -0.1) is 0 Å². The Balaban J connectivity index is 1.78. The summed E-state index contributed by atoms with van der Waals surface area (Å²) in [7, 11) is 0. The molecule has 2 aromatic rings. The highest BCUT2D eigenvalue weighted by Gasteiger charge is 2.22. The quantitative estimate of drug-likeness (QED) is 0.163. The van der Waals surface area contributed by atoms with Gasteiger partial charge in [0.1, 0.15) is 0 Å². The molecule has 1 aromatic carbocycles. The Labute approximate surface area is 200 Å². The number of amides is 2. The summed E-state index contributed by atoms with van der Waals surface area (Å²) >= 11 is 0. The Hall–Kier alpha value is -3.09. The van der Waals surface area contributed by atoms with Gasteiger partial charge < -0.3 is 27.8 Å². The lowest BCUT2D eigenvalue weighted by Gasteiger charge is -2.14. The van der Waals surface area contributed by atoms with Crippen molar-refractivity contribution >= 4 is 17.5 Å². The van der Waals surface area contributed by atoms with Crippen LogP contribution in [0.4, 0.5) is 23.2 Å². The molecule has 2 rings (SSSR count). The average molecular weight is 499 g/mol. The molecule has 35 heavy (non-hydrogen) atoms. The fourth-order valence-electron chi connectivity index (χ4n) is 3.30. The van der Waals surface area contributed by atoms with Gasteiger partial charge in [-0.05, 0) is 56.3 Å². The fourth-order valence-corrected chi connectivity index (χ4v) is 3.30. The third-order valence-electron chi connectivity index (χ3n) is 5.32. The molecular formula is C23H30F4N6O2. The second-order valence-corrected chi connectivity index (χ2v) is 8.05. The van der Waals surface area contributed by atoms with Crippen LogP contribution in [-0.4, -0.2) is 42.0 Å². The van der Waals surface area contributed by atoms with Gasteiger partial charge in [0.05, 0.1) is 17.6 Å². The van der Waals surface area contributed by atoms with Crippen LogP contribution in [0.5, 0.6) is 0 Å². The summed E-state index contributed by atoms with van der Waals surface area (Å²) in [4.78, 5) is 26.7. The topological polar surface area (TPSA) is 149 Å².